The van der Waals surface area contributed by atoms with Gasteiger partial charge in [-0.2, -0.15) is 0 Å². The summed E-state index contributed by atoms with van der Waals surface area (Å²) in [6.07, 6.45) is 0. The van der Waals surface area contributed by atoms with E-state index in [-0.39, 0.29) is 0 Å². The molecule has 0 atom stereocenters. The molecular formula is C41H25N3O. The van der Waals surface area contributed by atoms with Crippen molar-refractivity contribution < 1.29 is 37.3 Å². The second kappa shape index (κ2) is 10.2. The van der Waals surface area contributed by atoms with Gasteiger partial charge in [0.25, 0.3) is 0 Å². The molecule has 0 fully saturated rings. The van der Waals surface area contributed by atoms with Crippen molar-refractivity contribution in [2.75, 3.05) is 0 Å². The molecule has 0 aliphatic rings. The normalized spacial score (nSPS) is 19.0. The highest BCUT2D eigenvalue weighted by Crippen LogP contribution is 2.37. The summed E-state index contributed by atoms with van der Waals surface area (Å²) in [5.41, 5.74) is -3.89. The van der Waals surface area contributed by atoms with Crippen molar-refractivity contribution in [2.24, 2.45) is 0 Å². The first kappa shape index (κ1) is 11.1. The lowest BCUT2D eigenvalue weighted by atomic mass is 9.97. The fourth-order valence-corrected chi connectivity index (χ4v) is 4.75. The maximum atomic E-state index is 9.31. The minimum absolute atomic E-state index is 0.391. The van der Waals surface area contributed by atoms with Crippen molar-refractivity contribution in [3.05, 3.63) is 151 Å². The Balaban J connectivity index is 1.45. The van der Waals surface area contributed by atoms with Gasteiger partial charge in [-0.05, 0) is 50.8 Å². The second-order valence-corrected chi connectivity index (χ2v) is 9.39. The fraction of sp³-hybridized carbons (Fsp3) is 0. The minimum atomic E-state index is -0.914. The van der Waals surface area contributed by atoms with E-state index in [1.165, 1.54) is 0 Å². The Bertz CT molecular complexity index is 3900. The lowest BCUT2D eigenvalue weighted by molar-refractivity contribution is 0.669. The third-order valence-corrected chi connectivity index (χ3v) is 6.77. The standard InChI is InChI=1S/C41H25N3O/c1-2-11-30-25-31(24-19-26(30)9-1)40-42-39(29-22-20-28(21-23-29)33-15-7-12-27-10-3-4-13-32(27)33)43-41(44-40)35-16-8-18-37-38(35)34-14-5-6-17-36(34)45-37/h1-25H/i1D,2D,3D,4D,5D,6D,7D,8D,9D,10D,11D,12D,13D,14D,15D,16D,17D,18D,19D,20D,22D,23D,24D,25D. The molecule has 2 aromatic heterocycles. The van der Waals surface area contributed by atoms with Crippen molar-refractivity contribution >= 4 is 43.5 Å². The molecule has 0 radical (unpaired) electrons. The van der Waals surface area contributed by atoms with Crippen LogP contribution in [0.25, 0.3) is 88.8 Å². The molecule has 4 heteroatoms. The molecule has 4 nitrogen and oxygen atoms in total. The first-order valence-electron chi connectivity index (χ1n) is 25.1. The zero-order valence-corrected chi connectivity index (χ0v) is 22.3. The Morgan fingerprint density at radius 2 is 1.04 bits per heavy atom. The Morgan fingerprint density at radius 1 is 0.422 bits per heavy atom. The molecule has 2 heterocycles. The Morgan fingerprint density at radius 3 is 1.96 bits per heavy atom. The number of hydrogen-bond donors (Lipinski definition) is 0. The third kappa shape index (κ3) is 4.35. The van der Waals surface area contributed by atoms with Gasteiger partial charge in [-0.15, -0.1) is 0 Å². The number of fused-ring (bicyclic) bond motifs is 5. The predicted molar refractivity (Wildman–Crippen MR) is 184 cm³/mol. The van der Waals surface area contributed by atoms with Crippen LogP contribution < -0.4 is 0 Å². The quantitative estimate of drug-likeness (QED) is 0.202. The Hall–Kier alpha value is -6.13. The van der Waals surface area contributed by atoms with Gasteiger partial charge in [-0.1, -0.05) is 133 Å². The van der Waals surface area contributed by atoms with Gasteiger partial charge in [-0.3, -0.25) is 0 Å². The summed E-state index contributed by atoms with van der Waals surface area (Å²) in [6.45, 7) is 0. The summed E-state index contributed by atoms with van der Waals surface area (Å²) in [6, 6.07) is -17.8. The smallest absolute Gasteiger partial charge is 0.164 e. The molecule has 0 amide bonds. The van der Waals surface area contributed by atoms with Crippen molar-refractivity contribution in [2.45, 2.75) is 0 Å². The molecule has 0 unspecified atom stereocenters. The van der Waals surface area contributed by atoms with Crippen molar-refractivity contribution in [3.63, 3.8) is 0 Å². The molecule has 0 aliphatic heterocycles. The van der Waals surface area contributed by atoms with Gasteiger partial charge in [0.1, 0.15) is 11.2 Å². The van der Waals surface area contributed by atoms with E-state index in [2.05, 4.69) is 15.0 Å². The fourth-order valence-electron chi connectivity index (χ4n) is 4.75. The van der Waals surface area contributed by atoms with Gasteiger partial charge in [0.05, 0.1) is 32.9 Å². The van der Waals surface area contributed by atoms with E-state index >= 15 is 0 Å². The van der Waals surface area contributed by atoms with Crippen LogP contribution in [0.3, 0.4) is 0 Å². The molecule has 45 heavy (non-hydrogen) atoms. The van der Waals surface area contributed by atoms with Gasteiger partial charge in [0.2, 0.25) is 0 Å². The summed E-state index contributed by atoms with van der Waals surface area (Å²) in [7, 11) is 0. The maximum Gasteiger partial charge on any atom is 0.164 e. The van der Waals surface area contributed by atoms with E-state index in [9.17, 15) is 5.48 Å². The number of hydrogen-bond acceptors (Lipinski definition) is 4. The molecule has 0 spiro atoms. The monoisotopic (exact) mass is 599 g/mol. The molecule has 9 rings (SSSR count). The highest BCUT2D eigenvalue weighted by atomic mass is 16.3. The van der Waals surface area contributed by atoms with Gasteiger partial charge in [-0.25, -0.2) is 15.0 Å². The topological polar surface area (TPSA) is 51.8 Å². The number of para-hydroxylation sites is 1. The van der Waals surface area contributed by atoms with E-state index in [0.717, 1.165) is 6.07 Å². The van der Waals surface area contributed by atoms with Crippen LogP contribution in [0.15, 0.2) is 156 Å². The summed E-state index contributed by atoms with van der Waals surface area (Å²) in [5.74, 6) is -2.26. The zero-order valence-electron chi connectivity index (χ0n) is 46.3. The van der Waals surface area contributed by atoms with Crippen LogP contribution >= 0.6 is 0 Å². The van der Waals surface area contributed by atoms with Crippen LogP contribution in [-0.4, -0.2) is 15.0 Å². The van der Waals surface area contributed by atoms with Crippen LogP contribution in [0.1, 0.15) is 32.9 Å². The van der Waals surface area contributed by atoms with Crippen molar-refractivity contribution in [1.29, 1.82) is 0 Å². The third-order valence-electron chi connectivity index (χ3n) is 6.77. The Labute approximate surface area is 293 Å². The number of furan rings is 1. The molecule has 0 saturated heterocycles. The number of nitrogens with zero attached hydrogens (tertiary/aromatic N) is 3. The first-order valence-corrected chi connectivity index (χ1v) is 13.1. The van der Waals surface area contributed by atoms with E-state index in [1.54, 1.807) is 0 Å². The molecular weight excluding hydrogens is 550 g/mol. The van der Waals surface area contributed by atoms with Crippen LogP contribution in [0, 0.1) is 0 Å². The zero-order chi connectivity index (χ0) is 50.6. The largest absolute Gasteiger partial charge is 0.456 e. The van der Waals surface area contributed by atoms with Crippen molar-refractivity contribution in [3.8, 4) is 45.3 Å². The number of rotatable bonds is 4. The molecule has 0 saturated carbocycles. The van der Waals surface area contributed by atoms with Crippen LogP contribution in [0.5, 0.6) is 0 Å². The summed E-state index contributed by atoms with van der Waals surface area (Å²) in [5, 5.41) is -2.77. The second-order valence-electron chi connectivity index (χ2n) is 9.39. The summed E-state index contributed by atoms with van der Waals surface area (Å²) in [4.78, 5) is 13.2. The molecule has 210 valence electrons. The van der Waals surface area contributed by atoms with E-state index < -0.39 is 234 Å². The van der Waals surface area contributed by atoms with Crippen LogP contribution in [0.2, 0.25) is 0 Å². The van der Waals surface area contributed by atoms with E-state index in [1.807, 2.05) is 0 Å². The molecule has 7 aromatic carbocycles. The van der Waals surface area contributed by atoms with Gasteiger partial charge < -0.3 is 4.42 Å². The Kier molecular flexibility index (Phi) is 2.53. The average molecular weight is 600 g/mol. The van der Waals surface area contributed by atoms with Crippen LogP contribution in [-0.2, 0) is 0 Å². The van der Waals surface area contributed by atoms with Crippen LogP contribution in [0.4, 0.5) is 0 Å². The first-order chi connectivity index (χ1) is 32.3. The predicted octanol–water partition coefficient (Wildman–Crippen LogP) is 10.7. The van der Waals surface area contributed by atoms with Gasteiger partial charge >= 0.3 is 0 Å². The number of aromatic nitrogens is 3. The van der Waals surface area contributed by atoms with Gasteiger partial charge in [0.15, 0.2) is 17.5 Å². The summed E-state index contributed by atoms with van der Waals surface area (Å²) < 4.78 is 215. The van der Waals surface area contributed by atoms with E-state index in [4.69, 9.17) is 31.8 Å². The maximum absolute atomic E-state index is 9.31. The molecule has 0 bridgehead atoms. The average Bonchev–Trinajstić information content (AvgIpc) is 3.71. The van der Waals surface area contributed by atoms with Gasteiger partial charge in [0, 0.05) is 27.5 Å². The highest BCUT2D eigenvalue weighted by molar-refractivity contribution is 6.11. The minimum Gasteiger partial charge on any atom is -0.456 e. The lowest BCUT2D eigenvalue weighted by Gasteiger charge is -2.11. The van der Waals surface area contributed by atoms with E-state index in [0.29, 0.717) is 0 Å². The molecule has 0 N–H and O–H groups in total. The summed E-state index contributed by atoms with van der Waals surface area (Å²) >= 11 is 0. The number of benzene rings is 7. The molecule has 0 aliphatic carbocycles. The molecule has 9 aromatic rings. The SMILES string of the molecule is [2H]c1cc(-c2c([2H])c([2H])c([2H])c3c([2H])c([2H])c([2H])c([2H])c23)c([2H])c([2H])c1-c1nc(-c2c([2H])c([2H])c3c([2H])c([2H])c([2H])c([2H])c3c2[2H])nc(-c2c([2H])c([2H])c([2H])c3oc4c([2H])c([2H])c([2H])c([2H])c4c23)n1. The highest BCUT2D eigenvalue weighted by Gasteiger charge is 2.18. The van der Waals surface area contributed by atoms with Crippen molar-refractivity contribution in [1.82, 2.24) is 15.0 Å². The lowest BCUT2D eigenvalue weighted by Crippen LogP contribution is -2.00.